The molecule has 1 aromatic rings. The van der Waals surface area contributed by atoms with Crippen molar-refractivity contribution < 1.29 is 19.1 Å². The Hall–Kier alpha value is -1.84. The first-order valence-electron chi connectivity index (χ1n) is 5.20. The van der Waals surface area contributed by atoms with Gasteiger partial charge < -0.3 is 9.47 Å². The molecule has 2 rings (SSSR count). The minimum atomic E-state index is -0.803. The third-order valence-corrected chi connectivity index (χ3v) is 2.45. The molecule has 4 heteroatoms. The first kappa shape index (κ1) is 10.7. The van der Waals surface area contributed by atoms with E-state index in [1.54, 1.807) is 25.1 Å². The minimum absolute atomic E-state index is 0.204. The first-order chi connectivity index (χ1) is 7.74. The molecule has 1 aliphatic rings. The van der Waals surface area contributed by atoms with Gasteiger partial charge in [-0.1, -0.05) is 12.1 Å². The number of ether oxygens (including phenoxy) is 2. The van der Waals surface area contributed by atoms with Crippen LogP contribution in [0.15, 0.2) is 18.2 Å². The lowest BCUT2D eigenvalue weighted by Crippen LogP contribution is -2.18. The highest BCUT2D eigenvalue weighted by Gasteiger charge is 2.25. The third-order valence-electron chi connectivity index (χ3n) is 2.45. The van der Waals surface area contributed by atoms with Crippen molar-refractivity contribution >= 4 is 11.8 Å². The Bertz CT molecular complexity index is 437. The van der Waals surface area contributed by atoms with Gasteiger partial charge in [-0.15, -0.1) is 0 Å². The second-order valence-corrected chi connectivity index (χ2v) is 3.43. The lowest BCUT2D eigenvalue weighted by molar-refractivity contribution is -0.137. The molecule has 0 radical (unpaired) electrons. The van der Waals surface area contributed by atoms with Gasteiger partial charge in [-0.2, -0.15) is 0 Å². The van der Waals surface area contributed by atoms with Crippen LogP contribution in [0, 0.1) is 0 Å². The molecule has 0 amide bonds. The van der Waals surface area contributed by atoms with E-state index in [4.69, 9.17) is 4.74 Å². The monoisotopic (exact) mass is 220 g/mol. The summed E-state index contributed by atoms with van der Waals surface area (Å²) in [4.78, 5) is 23.1. The molecule has 0 atom stereocenters. The highest BCUT2D eigenvalue weighted by Crippen LogP contribution is 2.28. The highest BCUT2D eigenvalue weighted by atomic mass is 16.5. The summed E-state index contributed by atoms with van der Waals surface area (Å²) in [6, 6.07) is 5.13. The molecule has 0 spiro atoms. The molecule has 1 aromatic carbocycles. The van der Waals surface area contributed by atoms with Crippen LogP contribution in [0.1, 0.15) is 22.8 Å². The van der Waals surface area contributed by atoms with E-state index in [9.17, 15) is 9.59 Å². The van der Waals surface area contributed by atoms with Gasteiger partial charge in [0, 0.05) is 17.5 Å². The fourth-order valence-corrected chi connectivity index (χ4v) is 1.74. The molecule has 0 saturated heterocycles. The smallest absolute Gasteiger partial charge is 0.379 e. The number of rotatable bonds is 3. The van der Waals surface area contributed by atoms with Crippen molar-refractivity contribution in [2.24, 2.45) is 0 Å². The molecular weight excluding hydrogens is 208 g/mol. The average Bonchev–Trinajstić information content (AvgIpc) is 2.76. The number of carbonyl (C=O) groups is 2. The van der Waals surface area contributed by atoms with Gasteiger partial charge in [0.15, 0.2) is 0 Å². The molecule has 0 bridgehead atoms. The van der Waals surface area contributed by atoms with Crippen molar-refractivity contribution in [3.05, 3.63) is 29.3 Å². The normalized spacial score (nSPS) is 12.8. The van der Waals surface area contributed by atoms with Crippen LogP contribution in [0.5, 0.6) is 5.75 Å². The van der Waals surface area contributed by atoms with E-state index >= 15 is 0 Å². The van der Waals surface area contributed by atoms with Gasteiger partial charge in [0.05, 0.1) is 13.2 Å². The van der Waals surface area contributed by atoms with E-state index in [1.165, 1.54) is 0 Å². The summed E-state index contributed by atoms with van der Waals surface area (Å²) in [6.45, 7) is 2.43. The largest absolute Gasteiger partial charge is 0.493 e. The van der Waals surface area contributed by atoms with Gasteiger partial charge in [0.25, 0.3) is 5.78 Å². The number of fused-ring (bicyclic) bond motifs is 1. The second-order valence-electron chi connectivity index (χ2n) is 3.43. The van der Waals surface area contributed by atoms with Crippen LogP contribution in [-0.2, 0) is 16.0 Å². The Balaban J connectivity index is 2.31. The van der Waals surface area contributed by atoms with Crippen LogP contribution in [0.2, 0.25) is 0 Å². The Morgan fingerprint density at radius 2 is 2.25 bits per heavy atom. The Morgan fingerprint density at radius 3 is 3.00 bits per heavy atom. The van der Waals surface area contributed by atoms with Gasteiger partial charge in [-0.05, 0) is 13.0 Å². The third kappa shape index (κ3) is 1.78. The fourth-order valence-electron chi connectivity index (χ4n) is 1.74. The van der Waals surface area contributed by atoms with E-state index in [-0.39, 0.29) is 6.61 Å². The molecule has 0 fully saturated rings. The number of benzene rings is 1. The van der Waals surface area contributed by atoms with Crippen LogP contribution in [-0.4, -0.2) is 25.0 Å². The summed E-state index contributed by atoms with van der Waals surface area (Å²) < 4.78 is 10.0. The number of carbonyl (C=O) groups excluding carboxylic acids is 2. The van der Waals surface area contributed by atoms with Crippen LogP contribution in [0.25, 0.3) is 0 Å². The molecule has 0 unspecified atom stereocenters. The van der Waals surface area contributed by atoms with E-state index < -0.39 is 11.8 Å². The maximum atomic E-state index is 11.8. The molecule has 1 aliphatic heterocycles. The van der Waals surface area contributed by atoms with Gasteiger partial charge >= 0.3 is 5.97 Å². The summed E-state index contributed by atoms with van der Waals surface area (Å²) in [5.41, 5.74) is 1.20. The van der Waals surface area contributed by atoms with Gasteiger partial charge in [0.1, 0.15) is 5.75 Å². The number of hydrogen-bond acceptors (Lipinski definition) is 4. The number of Topliss-reactive ketones (excluding diaryl/α,β-unsaturated/α-hetero) is 1. The molecular formula is C12H12O4. The summed E-state index contributed by atoms with van der Waals surface area (Å²) >= 11 is 0. The Labute approximate surface area is 93.2 Å². The maximum absolute atomic E-state index is 11.8. The van der Waals surface area contributed by atoms with Crippen molar-refractivity contribution in [1.82, 2.24) is 0 Å². The van der Waals surface area contributed by atoms with Crippen LogP contribution < -0.4 is 4.74 Å². The lowest BCUT2D eigenvalue weighted by atomic mass is 10.0. The Morgan fingerprint density at radius 1 is 1.44 bits per heavy atom. The first-order valence-corrected chi connectivity index (χ1v) is 5.20. The van der Waals surface area contributed by atoms with Crippen molar-refractivity contribution in [1.29, 1.82) is 0 Å². The van der Waals surface area contributed by atoms with Crippen LogP contribution in [0.3, 0.4) is 0 Å². The number of hydrogen-bond donors (Lipinski definition) is 0. The highest BCUT2D eigenvalue weighted by molar-refractivity contribution is 6.41. The van der Waals surface area contributed by atoms with Gasteiger partial charge in [-0.3, -0.25) is 4.79 Å². The SMILES string of the molecule is CCOC(=O)C(=O)c1cccc2c1CCO2. The second kappa shape index (κ2) is 4.35. The number of ketones is 1. The molecule has 0 aromatic heterocycles. The average molecular weight is 220 g/mol. The summed E-state index contributed by atoms with van der Waals surface area (Å²) in [6.07, 6.45) is 0.663. The molecule has 0 N–H and O–H groups in total. The summed E-state index contributed by atoms with van der Waals surface area (Å²) in [5, 5.41) is 0. The molecule has 1 heterocycles. The Kier molecular flexibility index (Phi) is 2.90. The van der Waals surface area contributed by atoms with E-state index in [0.29, 0.717) is 24.3 Å². The van der Waals surface area contributed by atoms with Crippen molar-refractivity contribution in [3.8, 4) is 5.75 Å². The van der Waals surface area contributed by atoms with Crippen molar-refractivity contribution in [2.75, 3.05) is 13.2 Å². The lowest BCUT2D eigenvalue weighted by Gasteiger charge is -2.05. The van der Waals surface area contributed by atoms with E-state index in [2.05, 4.69) is 4.74 Å². The molecule has 84 valence electrons. The van der Waals surface area contributed by atoms with Crippen molar-refractivity contribution in [2.45, 2.75) is 13.3 Å². The van der Waals surface area contributed by atoms with Gasteiger partial charge in [0.2, 0.25) is 0 Å². The fraction of sp³-hybridized carbons (Fsp3) is 0.333. The zero-order valence-corrected chi connectivity index (χ0v) is 8.99. The zero-order valence-electron chi connectivity index (χ0n) is 8.99. The van der Waals surface area contributed by atoms with E-state index in [0.717, 1.165) is 5.56 Å². The standard InChI is InChI=1S/C12H12O4/c1-2-15-12(14)11(13)9-4-3-5-10-8(9)6-7-16-10/h3-5H,2,6-7H2,1H3. The predicted octanol–water partition coefficient (Wildman–Crippen LogP) is 1.37. The van der Waals surface area contributed by atoms with Crippen LogP contribution in [0.4, 0.5) is 0 Å². The zero-order chi connectivity index (χ0) is 11.5. The quantitative estimate of drug-likeness (QED) is 0.438. The van der Waals surface area contributed by atoms with E-state index in [1.807, 2.05) is 0 Å². The topological polar surface area (TPSA) is 52.6 Å². The minimum Gasteiger partial charge on any atom is -0.493 e. The van der Waals surface area contributed by atoms with Crippen molar-refractivity contribution in [3.63, 3.8) is 0 Å². The summed E-state index contributed by atoms with van der Waals surface area (Å²) in [5.74, 6) is -0.706. The molecule has 16 heavy (non-hydrogen) atoms. The predicted molar refractivity (Wildman–Crippen MR) is 56.6 cm³/mol. The van der Waals surface area contributed by atoms with Gasteiger partial charge in [-0.25, -0.2) is 4.79 Å². The van der Waals surface area contributed by atoms with Crippen LogP contribution >= 0.6 is 0 Å². The summed E-state index contributed by atoms with van der Waals surface area (Å²) in [7, 11) is 0. The molecule has 0 saturated carbocycles. The molecule has 4 nitrogen and oxygen atoms in total. The molecule has 0 aliphatic carbocycles. The maximum Gasteiger partial charge on any atom is 0.379 e. The number of esters is 1.